The summed E-state index contributed by atoms with van der Waals surface area (Å²) in [6.45, 7) is 7.37. The molecule has 7 nitrogen and oxygen atoms in total. The molecule has 8 heteroatoms. The quantitative estimate of drug-likeness (QED) is 0.494. The molecule has 0 bridgehead atoms. The molecule has 0 spiro atoms. The minimum atomic E-state index is -0.411. The SMILES string of the molecule is CCOC(=O)c1c(C)[nH]c(C(=O)[C@@H](C)Sc2nncn2C)c1C. The smallest absolute Gasteiger partial charge is 0.340 e. The second kappa shape index (κ2) is 6.99. The third-order valence-corrected chi connectivity index (χ3v) is 4.63. The Morgan fingerprint density at radius 2 is 2.13 bits per heavy atom. The van der Waals surface area contributed by atoms with E-state index in [0.29, 0.717) is 34.3 Å². The molecule has 0 aromatic carbocycles. The Morgan fingerprint density at radius 1 is 1.43 bits per heavy atom. The van der Waals surface area contributed by atoms with Crippen molar-refractivity contribution in [1.29, 1.82) is 0 Å². The van der Waals surface area contributed by atoms with E-state index in [2.05, 4.69) is 15.2 Å². The third-order valence-electron chi connectivity index (χ3n) is 3.48. The van der Waals surface area contributed by atoms with Gasteiger partial charge in [0.2, 0.25) is 0 Å². The number of aryl methyl sites for hydroxylation is 2. The average molecular weight is 336 g/mol. The van der Waals surface area contributed by atoms with Crippen LogP contribution in [0.5, 0.6) is 0 Å². The highest BCUT2D eigenvalue weighted by Crippen LogP contribution is 2.26. The lowest BCUT2D eigenvalue weighted by Gasteiger charge is -2.09. The van der Waals surface area contributed by atoms with Gasteiger partial charge in [-0.2, -0.15) is 0 Å². The molecule has 1 N–H and O–H groups in total. The van der Waals surface area contributed by atoms with Gasteiger partial charge >= 0.3 is 5.97 Å². The van der Waals surface area contributed by atoms with Gasteiger partial charge in [-0.3, -0.25) is 4.79 Å². The van der Waals surface area contributed by atoms with Crippen LogP contribution in [0.4, 0.5) is 0 Å². The monoisotopic (exact) mass is 336 g/mol. The molecule has 0 unspecified atom stereocenters. The topological polar surface area (TPSA) is 89.9 Å². The molecule has 0 aliphatic rings. The maximum atomic E-state index is 12.7. The number of carbonyl (C=O) groups is 2. The first-order valence-corrected chi connectivity index (χ1v) is 8.15. The van der Waals surface area contributed by atoms with Crippen LogP contribution in [0.15, 0.2) is 11.5 Å². The number of nitrogens with zero attached hydrogens (tertiary/aromatic N) is 3. The van der Waals surface area contributed by atoms with Gasteiger partial charge in [0.05, 0.1) is 23.1 Å². The molecule has 0 radical (unpaired) electrons. The highest BCUT2D eigenvalue weighted by Gasteiger charge is 2.26. The van der Waals surface area contributed by atoms with Gasteiger partial charge in [-0.1, -0.05) is 11.8 Å². The van der Waals surface area contributed by atoms with Crippen LogP contribution >= 0.6 is 11.8 Å². The Bertz CT molecular complexity index is 735. The van der Waals surface area contributed by atoms with Gasteiger partial charge < -0.3 is 14.3 Å². The van der Waals surface area contributed by atoms with Gasteiger partial charge in [0.1, 0.15) is 6.33 Å². The van der Waals surface area contributed by atoms with Gasteiger partial charge in [-0.05, 0) is 33.3 Å². The molecule has 0 saturated heterocycles. The van der Waals surface area contributed by atoms with Crippen molar-refractivity contribution in [2.24, 2.45) is 7.05 Å². The number of aromatic nitrogens is 4. The lowest BCUT2D eigenvalue weighted by Crippen LogP contribution is -2.16. The van der Waals surface area contributed by atoms with E-state index >= 15 is 0 Å². The number of ketones is 1. The fourth-order valence-electron chi connectivity index (χ4n) is 2.30. The van der Waals surface area contributed by atoms with E-state index in [9.17, 15) is 9.59 Å². The predicted octanol–water partition coefficient (Wildman–Crippen LogP) is 2.30. The van der Waals surface area contributed by atoms with Gasteiger partial charge in [0.25, 0.3) is 0 Å². The predicted molar refractivity (Wildman–Crippen MR) is 86.9 cm³/mol. The molecule has 0 aliphatic carbocycles. The number of esters is 1. The van der Waals surface area contributed by atoms with Gasteiger partial charge in [-0.25, -0.2) is 4.79 Å². The van der Waals surface area contributed by atoms with Gasteiger partial charge in [-0.15, -0.1) is 10.2 Å². The number of hydrogen-bond donors (Lipinski definition) is 1. The molecular formula is C15H20N4O3S. The summed E-state index contributed by atoms with van der Waals surface area (Å²) in [7, 11) is 1.82. The molecule has 0 aliphatic heterocycles. The summed E-state index contributed by atoms with van der Waals surface area (Å²) in [5, 5.41) is 8.07. The zero-order valence-electron chi connectivity index (χ0n) is 13.8. The molecule has 2 heterocycles. The second-order valence-electron chi connectivity index (χ2n) is 5.19. The fourth-order valence-corrected chi connectivity index (χ4v) is 3.15. The molecule has 2 aromatic heterocycles. The molecule has 0 fully saturated rings. The van der Waals surface area contributed by atoms with Crippen molar-refractivity contribution >= 4 is 23.5 Å². The molecule has 0 saturated carbocycles. The van der Waals surface area contributed by atoms with Crippen molar-refractivity contribution in [3.05, 3.63) is 28.8 Å². The second-order valence-corrected chi connectivity index (χ2v) is 6.50. The van der Waals surface area contributed by atoms with E-state index in [1.165, 1.54) is 11.8 Å². The third kappa shape index (κ3) is 3.47. The van der Waals surface area contributed by atoms with Crippen LogP contribution in [0.3, 0.4) is 0 Å². The Labute approximate surface area is 138 Å². The number of carbonyl (C=O) groups excluding carboxylic acids is 2. The molecule has 0 amide bonds. The van der Waals surface area contributed by atoms with Crippen molar-refractivity contribution in [3.63, 3.8) is 0 Å². The first-order valence-electron chi connectivity index (χ1n) is 7.27. The van der Waals surface area contributed by atoms with Crippen molar-refractivity contribution < 1.29 is 14.3 Å². The van der Waals surface area contributed by atoms with Crippen molar-refractivity contribution in [1.82, 2.24) is 19.7 Å². The van der Waals surface area contributed by atoms with Crippen molar-refractivity contribution in [2.45, 2.75) is 38.1 Å². The van der Waals surface area contributed by atoms with E-state index in [0.717, 1.165) is 0 Å². The average Bonchev–Trinajstić information content (AvgIpc) is 3.02. The lowest BCUT2D eigenvalue weighted by molar-refractivity contribution is 0.0525. The zero-order chi connectivity index (χ0) is 17.1. The van der Waals surface area contributed by atoms with Crippen LogP contribution in [-0.4, -0.2) is 43.4 Å². The maximum absolute atomic E-state index is 12.7. The number of Topliss-reactive ketones (excluding diaryl/α,β-unsaturated/α-hetero) is 1. The lowest BCUT2D eigenvalue weighted by atomic mass is 10.1. The molecular weight excluding hydrogens is 316 g/mol. The Morgan fingerprint density at radius 3 is 2.70 bits per heavy atom. The van der Waals surface area contributed by atoms with Crippen LogP contribution in [0.25, 0.3) is 0 Å². The van der Waals surface area contributed by atoms with Crippen LogP contribution in [0.1, 0.15) is 46.0 Å². The Hall–Kier alpha value is -2.09. The highest BCUT2D eigenvalue weighted by molar-refractivity contribution is 8.00. The Kier molecular flexibility index (Phi) is 5.25. The first-order chi connectivity index (χ1) is 10.9. The number of ether oxygens (including phenoxy) is 1. The van der Waals surface area contributed by atoms with E-state index in [-0.39, 0.29) is 11.0 Å². The number of thioether (sulfide) groups is 1. The number of nitrogens with one attached hydrogen (secondary N) is 1. The van der Waals surface area contributed by atoms with Gasteiger partial charge in [0.15, 0.2) is 10.9 Å². The Balaban J connectivity index is 2.24. The van der Waals surface area contributed by atoms with E-state index in [4.69, 9.17) is 4.74 Å². The zero-order valence-corrected chi connectivity index (χ0v) is 14.7. The summed E-state index contributed by atoms with van der Waals surface area (Å²) in [6.07, 6.45) is 1.59. The normalized spacial score (nSPS) is 12.2. The minimum Gasteiger partial charge on any atom is -0.462 e. The molecule has 2 rings (SSSR count). The fraction of sp³-hybridized carbons (Fsp3) is 0.467. The van der Waals surface area contributed by atoms with Crippen LogP contribution < -0.4 is 0 Å². The number of rotatable bonds is 6. The van der Waals surface area contributed by atoms with E-state index < -0.39 is 5.97 Å². The standard InChI is InChI=1S/C15H20N4O3S/c1-6-22-14(21)11-8(2)12(17-9(11)3)13(20)10(4)23-15-18-16-7-19(15)5/h7,10,17H,6H2,1-5H3/t10-/m1/s1. The highest BCUT2D eigenvalue weighted by atomic mass is 32.2. The largest absolute Gasteiger partial charge is 0.462 e. The molecule has 1 atom stereocenters. The molecule has 124 valence electrons. The van der Waals surface area contributed by atoms with Crippen LogP contribution in [0, 0.1) is 13.8 Å². The summed E-state index contributed by atoms with van der Waals surface area (Å²) in [5.74, 6) is -0.499. The van der Waals surface area contributed by atoms with Crippen LogP contribution in [0.2, 0.25) is 0 Å². The molecule has 23 heavy (non-hydrogen) atoms. The summed E-state index contributed by atoms with van der Waals surface area (Å²) >= 11 is 1.33. The minimum absolute atomic E-state index is 0.0888. The van der Waals surface area contributed by atoms with Crippen molar-refractivity contribution in [2.75, 3.05) is 6.61 Å². The summed E-state index contributed by atoms with van der Waals surface area (Å²) in [4.78, 5) is 27.7. The summed E-state index contributed by atoms with van der Waals surface area (Å²) in [5.41, 5.74) is 2.13. The van der Waals surface area contributed by atoms with E-state index in [1.54, 1.807) is 38.6 Å². The first kappa shape index (κ1) is 17.3. The van der Waals surface area contributed by atoms with Gasteiger partial charge in [0, 0.05) is 12.7 Å². The number of H-pyrrole nitrogens is 1. The van der Waals surface area contributed by atoms with Crippen molar-refractivity contribution in [3.8, 4) is 0 Å². The maximum Gasteiger partial charge on any atom is 0.340 e. The summed E-state index contributed by atoms with van der Waals surface area (Å²) in [6, 6.07) is 0. The summed E-state index contributed by atoms with van der Waals surface area (Å²) < 4.78 is 6.80. The van der Waals surface area contributed by atoms with Crippen LogP contribution in [-0.2, 0) is 11.8 Å². The van der Waals surface area contributed by atoms with E-state index in [1.807, 2.05) is 7.05 Å². The number of hydrogen-bond acceptors (Lipinski definition) is 6. The number of aromatic amines is 1. The molecule has 2 aromatic rings.